The van der Waals surface area contributed by atoms with Gasteiger partial charge in [0.15, 0.2) is 4.34 Å². The lowest BCUT2D eigenvalue weighted by molar-refractivity contribution is -0.148. The number of nitrogens with one attached hydrogen (secondary N) is 1. The highest BCUT2D eigenvalue weighted by molar-refractivity contribution is 8.01. The molecular weight excluding hydrogens is 458 g/mol. The van der Waals surface area contributed by atoms with Crippen LogP contribution in [0.25, 0.3) is 0 Å². The monoisotopic (exact) mass is 473 g/mol. The van der Waals surface area contributed by atoms with E-state index in [9.17, 15) is 19.5 Å². The molecular formula is C19H15N5O4S3. The van der Waals surface area contributed by atoms with Gasteiger partial charge in [0, 0.05) is 17.1 Å². The highest BCUT2D eigenvalue weighted by atomic mass is 32.2. The minimum atomic E-state index is -1.17. The van der Waals surface area contributed by atoms with Gasteiger partial charge in [0.2, 0.25) is 0 Å². The molecule has 2 aromatic rings. The Hall–Kier alpha value is -2.88. The van der Waals surface area contributed by atoms with Crippen LogP contribution in [0, 0.1) is 18.3 Å². The SMILES string of the molecule is Cc1nnc(SCC2=C(C(=O)O)N3C(=O)C(NC(=O)c4ccc(C#N)cc4)C3SC2)s1. The Kier molecular flexibility index (Phi) is 5.99. The zero-order valence-corrected chi connectivity index (χ0v) is 18.5. The first-order valence-electron chi connectivity index (χ1n) is 9.03. The molecule has 0 bridgehead atoms. The first kappa shape index (κ1) is 21.4. The molecule has 2 unspecified atom stereocenters. The molecule has 3 heterocycles. The van der Waals surface area contributed by atoms with E-state index in [0.717, 1.165) is 9.35 Å². The van der Waals surface area contributed by atoms with Crippen LogP contribution in [-0.4, -0.2) is 60.9 Å². The summed E-state index contributed by atoms with van der Waals surface area (Å²) >= 11 is 4.23. The van der Waals surface area contributed by atoms with E-state index in [-0.39, 0.29) is 5.70 Å². The third-order valence-electron chi connectivity index (χ3n) is 4.69. The summed E-state index contributed by atoms with van der Waals surface area (Å²) in [6.07, 6.45) is 0. The van der Waals surface area contributed by atoms with Gasteiger partial charge in [-0.1, -0.05) is 23.1 Å². The fourth-order valence-electron chi connectivity index (χ4n) is 3.20. The van der Waals surface area contributed by atoms with Gasteiger partial charge >= 0.3 is 5.97 Å². The number of aryl methyl sites for hydroxylation is 1. The minimum absolute atomic E-state index is 0.0219. The molecule has 12 heteroatoms. The fourth-order valence-corrected chi connectivity index (χ4v) is 6.50. The Bertz CT molecular complexity index is 1140. The van der Waals surface area contributed by atoms with Crippen molar-refractivity contribution in [3.05, 3.63) is 51.7 Å². The Morgan fingerprint density at radius 2 is 2.10 bits per heavy atom. The standard InChI is InChI=1S/C19H15N5O4S3/c1-9-22-23-19(31-9)30-8-12-7-29-17-13(16(26)24(17)14(12)18(27)28)21-15(25)11-4-2-10(6-20)3-5-11/h2-5,13,17H,7-8H2,1H3,(H,21,25)(H,27,28). The van der Waals surface area contributed by atoms with Crippen LogP contribution >= 0.6 is 34.9 Å². The molecule has 2 atom stereocenters. The molecule has 1 fully saturated rings. The number of hydrogen-bond donors (Lipinski definition) is 2. The summed E-state index contributed by atoms with van der Waals surface area (Å²) in [4.78, 5) is 38.4. The van der Waals surface area contributed by atoms with Gasteiger partial charge in [-0.05, 0) is 36.8 Å². The fraction of sp³-hybridized carbons (Fsp3) is 0.263. The van der Waals surface area contributed by atoms with Crippen molar-refractivity contribution in [2.24, 2.45) is 0 Å². The van der Waals surface area contributed by atoms with E-state index in [1.165, 1.54) is 64.0 Å². The Morgan fingerprint density at radius 3 is 2.71 bits per heavy atom. The molecule has 1 aromatic carbocycles. The molecule has 4 rings (SSSR count). The number of carbonyl (C=O) groups excluding carboxylic acids is 2. The Balaban J connectivity index is 1.47. The summed E-state index contributed by atoms with van der Waals surface area (Å²) in [6.45, 7) is 1.84. The number of β-lactam (4-membered cyclic amide) rings is 1. The number of carbonyl (C=O) groups is 3. The summed E-state index contributed by atoms with van der Waals surface area (Å²) in [5, 5.41) is 29.6. The van der Waals surface area contributed by atoms with Crippen molar-refractivity contribution in [1.29, 1.82) is 5.26 Å². The first-order valence-corrected chi connectivity index (χ1v) is 11.9. The van der Waals surface area contributed by atoms with Crippen molar-refractivity contribution in [2.45, 2.75) is 22.7 Å². The Labute approximate surface area is 189 Å². The number of hydrogen-bond acceptors (Lipinski definition) is 9. The summed E-state index contributed by atoms with van der Waals surface area (Å²) in [5.41, 5.74) is 1.36. The highest BCUT2D eigenvalue weighted by Crippen LogP contribution is 2.41. The average molecular weight is 474 g/mol. The summed E-state index contributed by atoms with van der Waals surface area (Å²) in [7, 11) is 0. The summed E-state index contributed by atoms with van der Waals surface area (Å²) in [6, 6.07) is 7.24. The number of carboxylic acid groups (broad SMARTS) is 1. The molecule has 1 aromatic heterocycles. The maximum atomic E-state index is 12.7. The van der Waals surface area contributed by atoms with Crippen LogP contribution in [0.2, 0.25) is 0 Å². The van der Waals surface area contributed by atoms with E-state index in [4.69, 9.17) is 5.26 Å². The number of aromatic nitrogens is 2. The van der Waals surface area contributed by atoms with Gasteiger partial charge in [-0.2, -0.15) is 5.26 Å². The van der Waals surface area contributed by atoms with Crippen molar-refractivity contribution in [2.75, 3.05) is 11.5 Å². The second kappa shape index (κ2) is 8.70. The second-order valence-electron chi connectivity index (χ2n) is 6.68. The molecule has 0 spiro atoms. The third kappa shape index (κ3) is 4.16. The second-order valence-corrected chi connectivity index (χ2v) is 10.2. The zero-order chi connectivity index (χ0) is 22.1. The number of amides is 2. The molecule has 0 aliphatic carbocycles. The van der Waals surface area contributed by atoms with Crippen molar-refractivity contribution in [1.82, 2.24) is 20.4 Å². The quantitative estimate of drug-likeness (QED) is 0.476. The van der Waals surface area contributed by atoms with Gasteiger partial charge in [-0.3, -0.25) is 14.5 Å². The van der Waals surface area contributed by atoms with Crippen LogP contribution in [-0.2, 0) is 9.59 Å². The lowest BCUT2D eigenvalue weighted by Crippen LogP contribution is -2.70. The van der Waals surface area contributed by atoms with Crippen LogP contribution < -0.4 is 5.32 Å². The molecule has 31 heavy (non-hydrogen) atoms. The van der Waals surface area contributed by atoms with E-state index < -0.39 is 29.2 Å². The van der Waals surface area contributed by atoms with Crippen molar-refractivity contribution >= 4 is 52.6 Å². The van der Waals surface area contributed by atoms with Crippen molar-refractivity contribution in [3.63, 3.8) is 0 Å². The number of carboxylic acids is 1. The maximum absolute atomic E-state index is 12.7. The molecule has 2 N–H and O–H groups in total. The number of benzene rings is 1. The van der Waals surface area contributed by atoms with Gasteiger partial charge in [-0.25, -0.2) is 4.79 Å². The molecule has 0 saturated carbocycles. The lowest BCUT2D eigenvalue weighted by atomic mass is 10.0. The summed E-state index contributed by atoms with van der Waals surface area (Å²) < 4.78 is 0.740. The van der Waals surface area contributed by atoms with Gasteiger partial charge in [0.05, 0.1) is 11.6 Å². The topological polar surface area (TPSA) is 136 Å². The predicted octanol–water partition coefficient (Wildman–Crippen LogP) is 1.86. The van der Waals surface area contributed by atoms with Crippen LogP contribution in [0.15, 0.2) is 39.9 Å². The van der Waals surface area contributed by atoms with Gasteiger partial charge in [0.25, 0.3) is 11.8 Å². The minimum Gasteiger partial charge on any atom is -0.477 e. The number of thioether (sulfide) groups is 2. The van der Waals surface area contributed by atoms with Gasteiger partial charge in [0.1, 0.15) is 22.1 Å². The van der Waals surface area contributed by atoms with E-state index >= 15 is 0 Å². The molecule has 2 amide bonds. The third-order valence-corrected chi connectivity index (χ3v) is 8.09. The average Bonchev–Trinajstić information content (AvgIpc) is 3.20. The molecule has 1 saturated heterocycles. The maximum Gasteiger partial charge on any atom is 0.352 e. The number of rotatable bonds is 6. The molecule has 2 aliphatic heterocycles. The lowest BCUT2D eigenvalue weighted by Gasteiger charge is -2.49. The molecule has 158 valence electrons. The smallest absolute Gasteiger partial charge is 0.352 e. The van der Waals surface area contributed by atoms with Gasteiger partial charge < -0.3 is 10.4 Å². The van der Waals surface area contributed by atoms with Crippen LogP contribution in [0.1, 0.15) is 20.9 Å². The zero-order valence-electron chi connectivity index (χ0n) is 16.1. The number of nitrogens with zero attached hydrogens (tertiary/aromatic N) is 4. The van der Waals surface area contributed by atoms with Crippen molar-refractivity contribution < 1.29 is 19.5 Å². The van der Waals surface area contributed by atoms with Crippen LogP contribution in [0.5, 0.6) is 0 Å². The first-order chi connectivity index (χ1) is 14.9. The molecule has 0 radical (unpaired) electrons. The largest absolute Gasteiger partial charge is 0.477 e. The van der Waals surface area contributed by atoms with E-state index in [1.54, 1.807) is 0 Å². The highest BCUT2D eigenvalue weighted by Gasteiger charge is 2.54. The summed E-state index contributed by atoms with van der Waals surface area (Å²) in [5.74, 6) is -1.24. The van der Waals surface area contributed by atoms with Gasteiger partial charge in [-0.15, -0.1) is 22.0 Å². The molecule has 9 nitrogen and oxygen atoms in total. The number of aliphatic carboxylic acids is 1. The van der Waals surface area contributed by atoms with E-state index in [2.05, 4.69) is 15.5 Å². The van der Waals surface area contributed by atoms with Crippen molar-refractivity contribution in [3.8, 4) is 6.07 Å². The van der Waals surface area contributed by atoms with Crippen LogP contribution in [0.4, 0.5) is 0 Å². The van der Waals surface area contributed by atoms with Crippen LogP contribution in [0.3, 0.4) is 0 Å². The number of fused-ring (bicyclic) bond motifs is 1. The molecule has 2 aliphatic rings. The van der Waals surface area contributed by atoms with E-state index in [0.29, 0.717) is 28.2 Å². The Morgan fingerprint density at radius 1 is 1.35 bits per heavy atom. The number of nitriles is 1. The van der Waals surface area contributed by atoms with E-state index in [1.807, 2.05) is 13.0 Å². The normalized spacial score (nSPS) is 20.0. The predicted molar refractivity (Wildman–Crippen MR) is 116 cm³/mol.